The summed E-state index contributed by atoms with van der Waals surface area (Å²) in [5.74, 6) is -0.156. The van der Waals surface area contributed by atoms with E-state index in [0.717, 1.165) is 0 Å². The minimum atomic E-state index is -0.156. The van der Waals surface area contributed by atoms with Crippen LogP contribution >= 0.6 is 11.6 Å². The number of aromatic nitrogens is 1. The Hall–Kier alpha value is -1.09. The first-order chi connectivity index (χ1) is 7.76. The van der Waals surface area contributed by atoms with Gasteiger partial charge in [-0.2, -0.15) is 0 Å². The van der Waals surface area contributed by atoms with Gasteiger partial charge < -0.3 is 5.32 Å². The van der Waals surface area contributed by atoms with E-state index in [0.29, 0.717) is 10.8 Å². The van der Waals surface area contributed by atoms with E-state index in [9.17, 15) is 4.79 Å². The zero-order valence-electron chi connectivity index (χ0n) is 10.5. The molecule has 1 aliphatic carbocycles. The number of nitrogens with zero attached hydrogens (tertiary/aromatic N) is 1. The van der Waals surface area contributed by atoms with Crippen molar-refractivity contribution in [3.8, 4) is 0 Å². The van der Waals surface area contributed by atoms with Gasteiger partial charge in [0, 0.05) is 6.04 Å². The molecule has 1 saturated carbocycles. The van der Waals surface area contributed by atoms with E-state index in [1.165, 1.54) is 0 Å². The molecule has 17 heavy (non-hydrogen) atoms. The Labute approximate surface area is 107 Å². The van der Waals surface area contributed by atoms with Gasteiger partial charge in [0.05, 0.1) is 0 Å². The van der Waals surface area contributed by atoms with Crippen LogP contribution in [-0.2, 0) is 0 Å². The first kappa shape index (κ1) is 12.4. The summed E-state index contributed by atoms with van der Waals surface area (Å²) in [4.78, 5) is 16.0. The van der Waals surface area contributed by atoms with Gasteiger partial charge in [0.15, 0.2) is 0 Å². The van der Waals surface area contributed by atoms with Gasteiger partial charge >= 0.3 is 0 Å². The van der Waals surface area contributed by atoms with Gasteiger partial charge in [0.25, 0.3) is 5.91 Å². The van der Waals surface area contributed by atoms with Crippen molar-refractivity contribution in [2.45, 2.75) is 33.7 Å². The summed E-state index contributed by atoms with van der Waals surface area (Å²) >= 11 is 5.76. The van der Waals surface area contributed by atoms with E-state index >= 15 is 0 Å². The molecule has 0 spiro atoms. The predicted molar refractivity (Wildman–Crippen MR) is 68.1 cm³/mol. The quantitative estimate of drug-likeness (QED) is 0.823. The van der Waals surface area contributed by atoms with E-state index in [1.807, 2.05) is 0 Å². The fourth-order valence-electron chi connectivity index (χ4n) is 2.30. The van der Waals surface area contributed by atoms with Crippen LogP contribution in [0.2, 0.25) is 5.15 Å². The molecule has 1 aromatic heterocycles. The normalized spacial score (nSPS) is 21.0. The minimum Gasteiger partial charge on any atom is -0.347 e. The van der Waals surface area contributed by atoms with Gasteiger partial charge in [0.2, 0.25) is 0 Å². The van der Waals surface area contributed by atoms with E-state index in [1.54, 1.807) is 18.2 Å². The molecule has 0 bridgehead atoms. The standard InChI is InChI=1S/C13H17ClN2O/c1-12(2)11(13(12,3)4)16-10(17)8-6-5-7-9(14)15-8/h5-7,11H,1-4H3,(H,16,17). The summed E-state index contributed by atoms with van der Waals surface area (Å²) < 4.78 is 0. The summed E-state index contributed by atoms with van der Waals surface area (Å²) in [6.07, 6.45) is 0. The lowest BCUT2D eigenvalue weighted by Crippen LogP contribution is -2.30. The van der Waals surface area contributed by atoms with Crippen LogP contribution in [0.3, 0.4) is 0 Å². The van der Waals surface area contributed by atoms with Crippen molar-refractivity contribution < 1.29 is 4.79 Å². The number of carbonyl (C=O) groups excluding carboxylic acids is 1. The summed E-state index contributed by atoms with van der Waals surface area (Å²) in [6, 6.07) is 5.24. The van der Waals surface area contributed by atoms with Gasteiger partial charge in [0.1, 0.15) is 10.8 Å². The second-order valence-electron chi connectivity index (χ2n) is 5.70. The smallest absolute Gasteiger partial charge is 0.270 e. The fourth-order valence-corrected chi connectivity index (χ4v) is 2.46. The number of rotatable bonds is 2. The number of nitrogens with one attached hydrogen (secondary N) is 1. The third-order valence-electron chi connectivity index (χ3n) is 4.24. The maximum atomic E-state index is 12.0. The second-order valence-corrected chi connectivity index (χ2v) is 6.08. The van der Waals surface area contributed by atoms with Crippen LogP contribution in [0.1, 0.15) is 38.2 Å². The molecule has 1 fully saturated rings. The maximum Gasteiger partial charge on any atom is 0.270 e. The molecule has 1 N–H and O–H groups in total. The number of amides is 1. The molecular weight excluding hydrogens is 236 g/mol. The van der Waals surface area contributed by atoms with Gasteiger partial charge in [-0.15, -0.1) is 0 Å². The largest absolute Gasteiger partial charge is 0.347 e. The Morgan fingerprint density at radius 2 is 1.88 bits per heavy atom. The summed E-state index contributed by atoms with van der Waals surface area (Å²) in [7, 11) is 0. The SMILES string of the molecule is CC1(C)C(NC(=O)c2cccc(Cl)n2)C1(C)C. The Kier molecular flexibility index (Phi) is 2.69. The van der Waals surface area contributed by atoms with Gasteiger partial charge in [-0.3, -0.25) is 4.79 Å². The molecule has 0 atom stereocenters. The number of carbonyl (C=O) groups is 1. The number of pyridine rings is 1. The van der Waals surface area contributed by atoms with Crippen LogP contribution in [0.4, 0.5) is 0 Å². The first-order valence-corrected chi connectivity index (χ1v) is 6.08. The molecule has 4 heteroatoms. The second kappa shape index (κ2) is 3.70. The molecule has 0 radical (unpaired) electrons. The highest BCUT2D eigenvalue weighted by Crippen LogP contribution is 2.62. The van der Waals surface area contributed by atoms with Crippen molar-refractivity contribution in [3.05, 3.63) is 29.0 Å². The van der Waals surface area contributed by atoms with Crippen molar-refractivity contribution in [2.24, 2.45) is 10.8 Å². The average molecular weight is 253 g/mol. The highest BCUT2D eigenvalue weighted by molar-refractivity contribution is 6.29. The molecule has 1 amide bonds. The predicted octanol–water partition coefficient (Wildman–Crippen LogP) is 2.90. The van der Waals surface area contributed by atoms with E-state index in [4.69, 9.17) is 11.6 Å². The number of hydrogen-bond acceptors (Lipinski definition) is 2. The van der Waals surface area contributed by atoms with E-state index < -0.39 is 0 Å². The Morgan fingerprint density at radius 1 is 1.29 bits per heavy atom. The molecular formula is C13H17ClN2O. The highest BCUT2D eigenvalue weighted by Gasteiger charge is 2.65. The molecule has 1 heterocycles. The zero-order valence-corrected chi connectivity index (χ0v) is 11.3. The molecule has 0 aliphatic heterocycles. The van der Waals surface area contributed by atoms with Gasteiger partial charge in [-0.05, 0) is 23.0 Å². The van der Waals surface area contributed by atoms with Crippen molar-refractivity contribution in [1.29, 1.82) is 0 Å². The van der Waals surface area contributed by atoms with E-state index in [2.05, 4.69) is 38.0 Å². The number of halogens is 1. The molecule has 1 aromatic rings. The van der Waals surface area contributed by atoms with Crippen molar-refractivity contribution in [2.75, 3.05) is 0 Å². The Bertz CT molecular complexity index is 454. The fraction of sp³-hybridized carbons (Fsp3) is 0.538. The Balaban J connectivity index is 2.10. The topological polar surface area (TPSA) is 42.0 Å². The van der Waals surface area contributed by atoms with Crippen molar-refractivity contribution in [1.82, 2.24) is 10.3 Å². The lowest BCUT2D eigenvalue weighted by molar-refractivity contribution is 0.0938. The molecule has 92 valence electrons. The third kappa shape index (κ3) is 1.93. The summed E-state index contributed by atoms with van der Waals surface area (Å²) in [6.45, 7) is 8.62. The molecule has 0 saturated heterocycles. The zero-order chi connectivity index (χ0) is 12.8. The molecule has 0 unspecified atom stereocenters. The first-order valence-electron chi connectivity index (χ1n) is 5.70. The van der Waals surface area contributed by atoms with Crippen LogP contribution in [0.25, 0.3) is 0 Å². The Morgan fingerprint density at radius 3 is 2.35 bits per heavy atom. The molecule has 3 nitrogen and oxygen atoms in total. The van der Waals surface area contributed by atoms with Crippen LogP contribution in [0.5, 0.6) is 0 Å². The van der Waals surface area contributed by atoms with Gasteiger partial charge in [-0.1, -0.05) is 45.4 Å². The summed E-state index contributed by atoms with van der Waals surface area (Å²) in [5, 5.41) is 3.36. The summed E-state index contributed by atoms with van der Waals surface area (Å²) in [5.41, 5.74) is 0.624. The molecule has 0 aromatic carbocycles. The van der Waals surface area contributed by atoms with Crippen LogP contribution in [0, 0.1) is 10.8 Å². The van der Waals surface area contributed by atoms with E-state index in [-0.39, 0.29) is 22.8 Å². The lowest BCUT2D eigenvalue weighted by Gasteiger charge is -2.06. The van der Waals surface area contributed by atoms with Crippen LogP contribution in [-0.4, -0.2) is 16.9 Å². The van der Waals surface area contributed by atoms with Gasteiger partial charge in [-0.25, -0.2) is 4.98 Å². The molecule has 2 rings (SSSR count). The lowest BCUT2D eigenvalue weighted by atomic mass is 10.0. The minimum absolute atomic E-state index is 0.126. The van der Waals surface area contributed by atoms with Crippen LogP contribution < -0.4 is 5.32 Å². The maximum absolute atomic E-state index is 12.0. The molecule has 1 aliphatic rings. The number of hydrogen-bond donors (Lipinski definition) is 1. The van der Waals surface area contributed by atoms with Crippen LogP contribution in [0.15, 0.2) is 18.2 Å². The van der Waals surface area contributed by atoms with Crippen molar-refractivity contribution in [3.63, 3.8) is 0 Å². The highest BCUT2D eigenvalue weighted by atomic mass is 35.5. The van der Waals surface area contributed by atoms with Crippen molar-refractivity contribution >= 4 is 17.5 Å². The third-order valence-corrected chi connectivity index (χ3v) is 4.45. The average Bonchev–Trinajstić information content (AvgIpc) is 2.61. The monoisotopic (exact) mass is 252 g/mol.